The summed E-state index contributed by atoms with van der Waals surface area (Å²) in [7, 11) is 0. The number of aromatic nitrogens is 2. The molecule has 2 heterocycles. The van der Waals surface area contributed by atoms with E-state index in [-0.39, 0.29) is 12.1 Å². The highest BCUT2D eigenvalue weighted by Crippen LogP contribution is 2.27. The molecule has 34 heavy (non-hydrogen) atoms. The van der Waals surface area contributed by atoms with E-state index in [0.29, 0.717) is 47.8 Å². The van der Waals surface area contributed by atoms with Gasteiger partial charge in [0.15, 0.2) is 0 Å². The second-order valence-corrected chi connectivity index (χ2v) is 9.06. The molecule has 8 heteroatoms. The van der Waals surface area contributed by atoms with Gasteiger partial charge in [0.1, 0.15) is 22.8 Å². The molecule has 3 rings (SSSR count). The molecule has 1 atom stereocenters. The number of carbonyl (C=O) groups is 2. The Labute approximate surface area is 200 Å². The Morgan fingerprint density at radius 2 is 1.91 bits per heavy atom. The Balaban J connectivity index is 1.76. The van der Waals surface area contributed by atoms with Crippen LogP contribution in [0.25, 0.3) is 5.57 Å². The Hall–Kier alpha value is -3.81. The molecule has 0 spiro atoms. The molecule has 0 radical (unpaired) electrons. The van der Waals surface area contributed by atoms with Gasteiger partial charge in [-0.2, -0.15) is 5.10 Å². The fourth-order valence-electron chi connectivity index (χ4n) is 3.59. The third-order valence-electron chi connectivity index (χ3n) is 5.21. The van der Waals surface area contributed by atoms with Gasteiger partial charge in [0.05, 0.1) is 11.6 Å². The number of nitrogens with two attached hydrogens (primary N) is 1. The summed E-state index contributed by atoms with van der Waals surface area (Å²) in [6.07, 6.45) is 7.33. The van der Waals surface area contributed by atoms with Gasteiger partial charge in [-0.15, -0.1) is 0 Å². The summed E-state index contributed by atoms with van der Waals surface area (Å²) in [6.45, 7) is 12.3. The number of hydrogen-bond acceptors (Lipinski definition) is 5. The number of hydrogen-bond donors (Lipinski definition) is 1. The van der Waals surface area contributed by atoms with E-state index in [2.05, 4.69) is 11.7 Å². The van der Waals surface area contributed by atoms with Crippen LogP contribution in [0, 0.1) is 0 Å². The lowest BCUT2D eigenvalue weighted by molar-refractivity contribution is 0.0288. The third kappa shape index (κ3) is 6.37. The predicted molar refractivity (Wildman–Crippen MR) is 131 cm³/mol. The standard InChI is InChI=1S/C26H32N4O4/c1-6-19(13-12-18(2)33-21-10-8-7-9-11-21)23-22(24(27)31)17-30(28-23)20-14-15-29(16-20)25(32)34-26(3,4)5/h6-13,17,20H,2,14-16H2,1,3-5H3,(H2,27,31)/b13-12-,19-6+. The Bertz CT molecular complexity index is 1110. The average molecular weight is 465 g/mol. The van der Waals surface area contributed by atoms with Crippen molar-refractivity contribution in [3.8, 4) is 5.75 Å². The number of carbonyl (C=O) groups excluding carboxylic acids is 2. The lowest BCUT2D eigenvalue weighted by Crippen LogP contribution is -2.35. The largest absolute Gasteiger partial charge is 0.458 e. The van der Waals surface area contributed by atoms with Crippen molar-refractivity contribution >= 4 is 17.6 Å². The quantitative estimate of drug-likeness (QED) is 0.472. The SMILES string of the molecule is C=C(/C=C\C(=C/C)c1nn(C2CCN(C(=O)OC(C)(C)C)C2)cc1C(N)=O)Oc1ccccc1. The second-order valence-electron chi connectivity index (χ2n) is 9.06. The highest BCUT2D eigenvalue weighted by atomic mass is 16.6. The van der Waals surface area contributed by atoms with Gasteiger partial charge in [-0.1, -0.05) is 30.9 Å². The molecule has 1 aliphatic heterocycles. The molecular formula is C26H32N4O4. The van der Waals surface area contributed by atoms with Crippen LogP contribution in [0.3, 0.4) is 0 Å². The van der Waals surface area contributed by atoms with Crippen molar-refractivity contribution in [1.82, 2.24) is 14.7 Å². The first-order valence-corrected chi connectivity index (χ1v) is 11.2. The monoisotopic (exact) mass is 464 g/mol. The molecule has 1 aromatic heterocycles. The minimum atomic E-state index is -0.574. The van der Waals surface area contributed by atoms with Crippen LogP contribution in [0.5, 0.6) is 5.75 Å². The number of benzene rings is 1. The lowest BCUT2D eigenvalue weighted by Gasteiger charge is -2.24. The minimum absolute atomic E-state index is 0.0853. The van der Waals surface area contributed by atoms with Crippen LogP contribution in [0.1, 0.15) is 56.2 Å². The zero-order valence-electron chi connectivity index (χ0n) is 20.2. The maximum atomic E-state index is 12.4. The van der Waals surface area contributed by atoms with Gasteiger partial charge in [0, 0.05) is 19.3 Å². The molecule has 1 unspecified atom stereocenters. The minimum Gasteiger partial charge on any atom is -0.458 e. The number of primary amides is 1. The van der Waals surface area contributed by atoms with Gasteiger partial charge in [-0.25, -0.2) is 4.79 Å². The average Bonchev–Trinajstić information content (AvgIpc) is 3.42. The van der Waals surface area contributed by atoms with Gasteiger partial charge >= 0.3 is 6.09 Å². The zero-order chi connectivity index (χ0) is 24.9. The molecule has 0 saturated carbocycles. The van der Waals surface area contributed by atoms with E-state index < -0.39 is 11.5 Å². The summed E-state index contributed by atoms with van der Waals surface area (Å²) >= 11 is 0. The van der Waals surface area contributed by atoms with Crippen LogP contribution in [-0.4, -0.2) is 45.4 Å². The predicted octanol–water partition coefficient (Wildman–Crippen LogP) is 4.72. The van der Waals surface area contributed by atoms with E-state index in [1.165, 1.54) is 0 Å². The molecule has 1 aromatic carbocycles. The van der Waals surface area contributed by atoms with Crippen molar-refractivity contribution in [2.24, 2.45) is 5.73 Å². The summed E-state index contributed by atoms with van der Waals surface area (Å²) < 4.78 is 12.9. The number of allylic oxidation sites excluding steroid dienone is 4. The first kappa shape index (κ1) is 24.8. The van der Waals surface area contributed by atoms with Crippen LogP contribution >= 0.6 is 0 Å². The van der Waals surface area contributed by atoms with Crippen LogP contribution in [0.15, 0.2) is 67.1 Å². The van der Waals surface area contributed by atoms with E-state index in [1.54, 1.807) is 27.9 Å². The lowest BCUT2D eigenvalue weighted by atomic mass is 10.1. The Morgan fingerprint density at radius 3 is 2.53 bits per heavy atom. The zero-order valence-corrected chi connectivity index (χ0v) is 20.2. The molecule has 1 fully saturated rings. The van der Waals surface area contributed by atoms with E-state index in [4.69, 9.17) is 15.2 Å². The first-order chi connectivity index (χ1) is 16.1. The molecule has 2 aromatic rings. The molecule has 8 nitrogen and oxygen atoms in total. The van der Waals surface area contributed by atoms with Crippen molar-refractivity contribution < 1.29 is 19.1 Å². The van der Waals surface area contributed by atoms with Crippen LogP contribution in [-0.2, 0) is 4.74 Å². The molecule has 180 valence electrons. The van der Waals surface area contributed by atoms with Gasteiger partial charge in [0.25, 0.3) is 5.91 Å². The maximum absolute atomic E-state index is 12.4. The van der Waals surface area contributed by atoms with Crippen molar-refractivity contribution in [2.45, 2.75) is 45.8 Å². The maximum Gasteiger partial charge on any atom is 0.410 e. The van der Waals surface area contributed by atoms with Gasteiger partial charge in [-0.05, 0) is 64.0 Å². The molecule has 0 aliphatic carbocycles. The molecule has 2 N–H and O–H groups in total. The number of nitrogens with zero attached hydrogens (tertiary/aromatic N) is 3. The fraction of sp³-hybridized carbons (Fsp3) is 0.346. The van der Waals surface area contributed by atoms with E-state index in [9.17, 15) is 9.59 Å². The molecule has 0 bridgehead atoms. The number of ether oxygens (including phenoxy) is 2. The number of para-hydroxylation sites is 1. The topological polar surface area (TPSA) is 99.7 Å². The number of likely N-dealkylation sites (tertiary alicyclic amines) is 1. The summed E-state index contributed by atoms with van der Waals surface area (Å²) in [6, 6.07) is 9.25. The van der Waals surface area contributed by atoms with Crippen LogP contribution in [0.2, 0.25) is 0 Å². The highest BCUT2D eigenvalue weighted by molar-refractivity contribution is 5.98. The second kappa shape index (κ2) is 10.4. The fourth-order valence-corrected chi connectivity index (χ4v) is 3.59. The molecule has 1 saturated heterocycles. The van der Waals surface area contributed by atoms with Crippen molar-refractivity contribution in [1.29, 1.82) is 0 Å². The van der Waals surface area contributed by atoms with Crippen molar-refractivity contribution in [3.05, 3.63) is 78.4 Å². The highest BCUT2D eigenvalue weighted by Gasteiger charge is 2.32. The molecular weight excluding hydrogens is 432 g/mol. The Morgan fingerprint density at radius 1 is 1.21 bits per heavy atom. The summed E-state index contributed by atoms with van der Waals surface area (Å²) in [5.41, 5.74) is 6.57. The number of amides is 2. The molecule has 1 aliphatic rings. The third-order valence-corrected chi connectivity index (χ3v) is 5.21. The smallest absolute Gasteiger partial charge is 0.410 e. The van der Waals surface area contributed by atoms with Crippen LogP contribution < -0.4 is 10.5 Å². The van der Waals surface area contributed by atoms with Crippen molar-refractivity contribution in [2.75, 3.05) is 13.1 Å². The normalized spacial score (nSPS) is 16.6. The van der Waals surface area contributed by atoms with Crippen molar-refractivity contribution in [3.63, 3.8) is 0 Å². The van der Waals surface area contributed by atoms with Crippen LogP contribution in [0.4, 0.5) is 4.79 Å². The van der Waals surface area contributed by atoms with Gasteiger partial charge in [0.2, 0.25) is 0 Å². The summed E-state index contributed by atoms with van der Waals surface area (Å²) in [5.74, 6) is 0.543. The molecule has 2 amide bonds. The summed E-state index contributed by atoms with van der Waals surface area (Å²) in [5, 5.41) is 4.66. The Kier molecular flexibility index (Phi) is 7.61. The summed E-state index contributed by atoms with van der Waals surface area (Å²) in [4.78, 5) is 26.2. The van der Waals surface area contributed by atoms with E-state index >= 15 is 0 Å². The first-order valence-electron chi connectivity index (χ1n) is 11.2. The van der Waals surface area contributed by atoms with Gasteiger partial charge < -0.3 is 20.1 Å². The van der Waals surface area contributed by atoms with E-state index in [0.717, 1.165) is 0 Å². The van der Waals surface area contributed by atoms with Gasteiger partial charge in [-0.3, -0.25) is 9.48 Å². The number of rotatable bonds is 7. The van der Waals surface area contributed by atoms with E-state index in [1.807, 2.05) is 64.1 Å².